The van der Waals surface area contributed by atoms with Gasteiger partial charge < -0.3 is 42.0 Å². The number of aliphatic hydroxyl groups excluding tert-OH is 2. The molecule has 0 aliphatic heterocycles. The van der Waals surface area contributed by atoms with E-state index in [0.717, 1.165) is 10.9 Å². The second kappa shape index (κ2) is 13.7. The Labute approximate surface area is 206 Å². The largest absolute Gasteiger partial charge is 0.480 e. The van der Waals surface area contributed by atoms with Gasteiger partial charge in [-0.25, -0.2) is 4.79 Å². The number of rotatable bonds is 14. The first-order valence-electron chi connectivity index (χ1n) is 10.9. The number of amides is 3. The lowest BCUT2D eigenvalue weighted by Gasteiger charge is -2.24. The molecular formula is C22H31N5O7S. The van der Waals surface area contributed by atoms with Crippen LogP contribution in [0.3, 0.4) is 0 Å². The number of aliphatic carboxylic acids is 1. The van der Waals surface area contributed by atoms with Crippen LogP contribution in [-0.4, -0.2) is 93.4 Å². The van der Waals surface area contributed by atoms with Crippen LogP contribution in [0.1, 0.15) is 12.0 Å². The molecule has 13 heteroatoms. The maximum absolute atomic E-state index is 13.1. The van der Waals surface area contributed by atoms with Gasteiger partial charge >= 0.3 is 5.97 Å². The third-order valence-corrected chi connectivity index (χ3v) is 5.95. The minimum Gasteiger partial charge on any atom is -0.480 e. The van der Waals surface area contributed by atoms with Crippen LogP contribution in [-0.2, 0) is 25.6 Å². The van der Waals surface area contributed by atoms with Crippen LogP contribution >= 0.6 is 11.8 Å². The van der Waals surface area contributed by atoms with Crippen LogP contribution in [0.5, 0.6) is 0 Å². The molecule has 0 spiro atoms. The maximum Gasteiger partial charge on any atom is 0.328 e. The van der Waals surface area contributed by atoms with E-state index in [1.54, 1.807) is 6.20 Å². The molecule has 1 aromatic heterocycles. The molecular weight excluding hydrogens is 478 g/mol. The van der Waals surface area contributed by atoms with Crippen molar-refractivity contribution in [2.75, 3.05) is 25.2 Å². The number of aliphatic hydroxyl groups is 2. The van der Waals surface area contributed by atoms with E-state index < -0.39 is 61.1 Å². The predicted octanol–water partition coefficient (Wildman–Crippen LogP) is -1.69. The average molecular weight is 510 g/mol. The zero-order chi connectivity index (χ0) is 26.0. The van der Waals surface area contributed by atoms with Gasteiger partial charge in [0.2, 0.25) is 17.7 Å². The highest BCUT2D eigenvalue weighted by molar-refractivity contribution is 7.98. The lowest BCUT2D eigenvalue weighted by molar-refractivity contribution is -0.143. The Bertz CT molecular complexity index is 1030. The van der Waals surface area contributed by atoms with Crippen LogP contribution < -0.4 is 21.7 Å². The average Bonchev–Trinajstić information content (AvgIpc) is 3.26. The predicted molar refractivity (Wildman–Crippen MR) is 131 cm³/mol. The second-order valence-electron chi connectivity index (χ2n) is 7.84. The number of hydrogen-bond acceptors (Lipinski definition) is 8. The first-order chi connectivity index (χ1) is 16.7. The molecule has 0 saturated carbocycles. The number of nitrogens with two attached hydrogens (primary N) is 1. The van der Waals surface area contributed by atoms with Crippen LogP contribution in [0.2, 0.25) is 0 Å². The Hall–Kier alpha value is -3.13. The first-order valence-corrected chi connectivity index (χ1v) is 12.3. The van der Waals surface area contributed by atoms with Gasteiger partial charge in [0.25, 0.3) is 0 Å². The highest BCUT2D eigenvalue weighted by atomic mass is 32.2. The molecule has 12 nitrogen and oxygen atoms in total. The summed E-state index contributed by atoms with van der Waals surface area (Å²) < 4.78 is 0. The van der Waals surface area contributed by atoms with Gasteiger partial charge in [0.1, 0.15) is 24.2 Å². The van der Waals surface area contributed by atoms with E-state index in [1.807, 2.05) is 30.5 Å². The topological polar surface area (TPSA) is 207 Å². The van der Waals surface area contributed by atoms with Gasteiger partial charge in [-0.3, -0.25) is 14.4 Å². The number of H-pyrrole nitrogens is 1. The molecule has 1 aromatic carbocycles. The Morgan fingerprint density at radius 2 is 1.60 bits per heavy atom. The molecule has 2 rings (SSSR count). The number of para-hydroxylation sites is 1. The van der Waals surface area contributed by atoms with Crippen molar-refractivity contribution in [1.82, 2.24) is 20.9 Å². The van der Waals surface area contributed by atoms with E-state index >= 15 is 0 Å². The molecule has 4 atom stereocenters. The highest BCUT2D eigenvalue weighted by Gasteiger charge is 2.30. The smallest absolute Gasteiger partial charge is 0.328 e. The SMILES string of the molecule is CSCCC(NC(=O)C(N)CO)C(=O)NC(Cc1c[nH]c2ccccc12)C(=O)NC(CO)C(=O)O. The van der Waals surface area contributed by atoms with E-state index in [0.29, 0.717) is 11.3 Å². The minimum atomic E-state index is -1.56. The van der Waals surface area contributed by atoms with Crippen molar-refractivity contribution in [3.63, 3.8) is 0 Å². The Morgan fingerprint density at radius 1 is 0.971 bits per heavy atom. The Balaban J connectivity index is 2.28. The van der Waals surface area contributed by atoms with Crippen molar-refractivity contribution in [1.29, 1.82) is 0 Å². The molecule has 0 fully saturated rings. The van der Waals surface area contributed by atoms with Gasteiger partial charge in [-0.15, -0.1) is 0 Å². The van der Waals surface area contributed by atoms with Crippen LogP contribution in [0.15, 0.2) is 30.5 Å². The first kappa shape index (κ1) is 28.1. The fourth-order valence-corrected chi connectivity index (χ4v) is 3.80. The molecule has 0 bridgehead atoms. The fraction of sp³-hybridized carbons (Fsp3) is 0.455. The third kappa shape index (κ3) is 7.96. The molecule has 4 unspecified atom stereocenters. The summed E-state index contributed by atoms with van der Waals surface area (Å²) in [7, 11) is 0. The van der Waals surface area contributed by atoms with Gasteiger partial charge in [-0.05, 0) is 30.1 Å². The zero-order valence-corrected chi connectivity index (χ0v) is 20.0. The molecule has 1 heterocycles. The number of carbonyl (C=O) groups excluding carboxylic acids is 3. The minimum absolute atomic E-state index is 0.0126. The summed E-state index contributed by atoms with van der Waals surface area (Å²) in [6, 6.07) is 2.31. The van der Waals surface area contributed by atoms with E-state index in [-0.39, 0.29) is 12.8 Å². The van der Waals surface area contributed by atoms with Gasteiger partial charge in [-0.2, -0.15) is 11.8 Å². The van der Waals surface area contributed by atoms with Crippen molar-refractivity contribution in [3.05, 3.63) is 36.0 Å². The van der Waals surface area contributed by atoms with E-state index in [2.05, 4.69) is 20.9 Å². The highest BCUT2D eigenvalue weighted by Crippen LogP contribution is 2.19. The summed E-state index contributed by atoms with van der Waals surface area (Å²) >= 11 is 1.45. The number of carboxylic acids is 1. The molecule has 35 heavy (non-hydrogen) atoms. The maximum atomic E-state index is 13.1. The molecule has 0 saturated heterocycles. The number of thioether (sulfide) groups is 1. The molecule has 0 radical (unpaired) electrons. The summed E-state index contributed by atoms with van der Waals surface area (Å²) in [6.07, 6.45) is 3.75. The number of nitrogens with one attached hydrogen (secondary N) is 4. The van der Waals surface area contributed by atoms with Crippen molar-refractivity contribution in [2.24, 2.45) is 5.73 Å². The summed E-state index contributed by atoms with van der Waals surface area (Å²) in [4.78, 5) is 52.6. The molecule has 2 aromatic rings. The number of hydrogen-bond donors (Lipinski definition) is 8. The fourth-order valence-electron chi connectivity index (χ4n) is 3.33. The second-order valence-corrected chi connectivity index (χ2v) is 8.82. The summed E-state index contributed by atoms with van der Waals surface area (Å²) in [5.74, 6) is -3.13. The van der Waals surface area contributed by atoms with Crippen molar-refractivity contribution in [2.45, 2.75) is 37.0 Å². The lowest BCUT2D eigenvalue weighted by Crippen LogP contribution is -2.58. The number of aromatic nitrogens is 1. The zero-order valence-electron chi connectivity index (χ0n) is 19.2. The van der Waals surface area contributed by atoms with Gasteiger partial charge in [0.05, 0.1) is 13.2 Å². The van der Waals surface area contributed by atoms with Crippen molar-refractivity contribution in [3.8, 4) is 0 Å². The molecule has 0 aliphatic rings. The third-order valence-electron chi connectivity index (χ3n) is 5.31. The monoisotopic (exact) mass is 509 g/mol. The van der Waals surface area contributed by atoms with Crippen LogP contribution in [0.25, 0.3) is 10.9 Å². The number of aromatic amines is 1. The van der Waals surface area contributed by atoms with Crippen molar-refractivity contribution < 1.29 is 34.5 Å². The molecule has 192 valence electrons. The van der Waals surface area contributed by atoms with Crippen molar-refractivity contribution >= 4 is 46.4 Å². The normalized spacial score (nSPS) is 14.5. The number of fused-ring (bicyclic) bond motifs is 1. The standard InChI is InChI=1S/C22H31N5O7S/c1-35-7-6-16(25-19(30)14(23)10-28)20(31)26-17(21(32)27-18(11-29)22(33)34)8-12-9-24-15-5-3-2-4-13(12)15/h2-5,9,14,16-18,24,28-29H,6-8,10-11,23H2,1H3,(H,25,30)(H,26,31)(H,27,32)(H,33,34). The number of carboxylic acid groups (broad SMARTS) is 1. The molecule has 9 N–H and O–H groups in total. The molecule has 3 amide bonds. The van der Waals surface area contributed by atoms with E-state index in [9.17, 15) is 29.4 Å². The Kier molecular flexibility index (Phi) is 11.0. The van der Waals surface area contributed by atoms with E-state index in [4.69, 9.17) is 10.8 Å². The quantitative estimate of drug-likeness (QED) is 0.146. The number of carbonyl (C=O) groups is 4. The Morgan fingerprint density at radius 3 is 2.23 bits per heavy atom. The number of benzene rings is 1. The van der Waals surface area contributed by atoms with Crippen LogP contribution in [0, 0.1) is 0 Å². The molecule has 0 aliphatic carbocycles. The summed E-state index contributed by atoms with van der Waals surface area (Å²) in [6.45, 7) is -1.44. The summed E-state index contributed by atoms with van der Waals surface area (Å²) in [5, 5.41) is 35.7. The van der Waals surface area contributed by atoms with Crippen LogP contribution in [0.4, 0.5) is 0 Å². The van der Waals surface area contributed by atoms with Gasteiger partial charge in [0, 0.05) is 23.5 Å². The van der Waals surface area contributed by atoms with E-state index in [1.165, 1.54) is 11.8 Å². The van der Waals surface area contributed by atoms with Gasteiger partial charge in [0.15, 0.2) is 0 Å². The lowest BCUT2D eigenvalue weighted by atomic mass is 10.0. The summed E-state index contributed by atoms with van der Waals surface area (Å²) in [5.41, 5.74) is 7.05. The van der Waals surface area contributed by atoms with Gasteiger partial charge in [-0.1, -0.05) is 18.2 Å².